The molecule has 0 spiro atoms. The molecule has 16 heavy (non-hydrogen) atoms. The predicted octanol–water partition coefficient (Wildman–Crippen LogP) is -13.3. The van der Waals surface area contributed by atoms with E-state index >= 15 is 0 Å². The van der Waals surface area contributed by atoms with E-state index in [1.165, 1.54) is 0 Å². The van der Waals surface area contributed by atoms with Gasteiger partial charge >= 0.3 is 175 Å². The van der Waals surface area contributed by atoms with Crippen molar-refractivity contribution in [3.05, 3.63) is 11.8 Å². The van der Waals surface area contributed by atoms with E-state index in [0.29, 0.717) is 6.20 Å². The molecule has 0 atom stereocenters. The number of hydrogen-bond donors (Lipinski definition) is 0. The van der Waals surface area contributed by atoms with Gasteiger partial charge in [0.15, 0.2) is 0 Å². The molecule has 0 fully saturated rings. The van der Waals surface area contributed by atoms with Crippen LogP contribution < -0.4 is 190 Å². The Balaban J connectivity index is -0.000000240. The molecule has 0 radical (unpaired) electrons. The number of aliphatic carboxylic acids is 2. The van der Waals surface area contributed by atoms with Crippen molar-refractivity contribution in [1.82, 2.24) is 4.90 Å². The number of carboxylic acid groups (broad SMARTS) is 3. The molecule has 0 bridgehead atoms. The number of hydrogen-bond acceptors (Lipinski definition) is 6. The smallest absolute Gasteiger partial charge is 0.545 e. The van der Waals surface area contributed by atoms with Gasteiger partial charge in [0.2, 0.25) is 0 Å². The van der Waals surface area contributed by atoms with Crippen molar-refractivity contribution in [2.24, 2.45) is 0 Å². The fourth-order valence-electron chi connectivity index (χ4n) is 0.435. The van der Waals surface area contributed by atoms with E-state index in [9.17, 15) is 29.7 Å². The molecule has 0 aromatic carbocycles. The SMILES string of the molecule is CN(C=C(C(=O)[O-])C(=O)[O-])C(=O)[O-].[Rb+].[Rb+].[Rb+]. The Hall–Kier alpha value is 3.37. The van der Waals surface area contributed by atoms with Crippen LogP contribution in [0.2, 0.25) is 0 Å². The van der Waals surface area contributed by atoms with Crippen molar-refractivity contribution in [3.63, 3.8) is 0 Å². The number of nitrogens with zero attached hydrogens (tertiary/aromatic N) is 1. The zero-order valence-electron chi connectivity index (χ0n) is 9.47. The van der Waals surface area contributed by atoms with Gasteiger partial charge in [0.05, 0.1) is 11.9 Å². The second kappa shape index (κ2) is 14.8. The van der Waals surface area contributed by atoms with Gasteiger partial charge in [-0.25, -0.2) is 0 Å². The second-order valence-electron chi connectivity index (χ2n) is 1.99. The minimum atomic E-state index is -2.03. The summed E-state index contributed by atoms with van der Waals surface area (Å²) in [7, 11) is 0.904. The first-order valence-corrected chi connectivity index (χ1v) is 2.94. The molecule has 0 rings (SSSR count). The Morgan fingerprint density at radius 2 is 1.25 bits per heavy atom. The molecule has 1 amide bonds. The van der Waals surface area contributed by atoms with Gasteiger partial charge < -0.3 is 34.6 Å². The molecule has 0 unspecified atom stereocenters. The summed E-state index contributed by atoms with van der Waals surface area (Å²) in [4.78, 5) is 30.4. The van der Waals surface area contributed by atoms with Crippen LogP contribution in [-0.2, 0) is 9.59 Å². The first-order chi connectivity index (χ1) is 5.86. The number of carbonyl (C=O) groups excluding carboxylic acids is 3. The first-order valence-electron chi connectivity index (χ1n) is 2.94. The van der Waals surface area contributed by atoms with E-state index in [1.54, 1.807) is 0 Å². The molecule has 0 N–H and O–H groups in total. The van der Waals surface area contributed by atoms with Crippen LogP contribution in [0, 0.1) is 0 Å². The molecule has 0 saturated carbocycles. The summed E-state index contributed by atoms with van der Waals surface area (Å²) >= 11 is 0. The average molecular weight is 443 g/mol. The fourth-order valence-corrected chi connectivity index (χ4v) is 0.435. The largest absolute Gasteiger partial charge is 1.00 e. The number of carboxylic acids is 2. The van der Waals surface area contributed by atoms with Crippen LogP contribution in [0.15, 0.2) is 11.8 Å². The Morgan fingerprint density at radius 3 is 1.44 bits per heavy atom. The van der Waals surface area contributed by atoms with E-state index in [1.807, 2.05) is 0 Å². The van der Waals surface area contributed by atoms with Gasteiger partial charge in [-0.15, -0.1) is 0 Å². The van der Waals surface area contributed by atoms with Crippen molar-refractivity contribution in [2.45, 2.75) is 0 Å². The molecule has 7 nitrogen and oxygen atoms in total. The van der Waals surface area contributed by atoms with Gasteiger partial charge in [0.25, 0.3) is 0 Å². The van der Waals surface area contributed by atoms with E-state index in [2.05, 4.69) is 0 Å². The normalized spacial score (nSPS) is 7.06. The third-order valence-corrected chi connectivity index (χ3v) is 1.05. The Kier molecular flexibility index (Phi) is 25.5. The third-order valence-electron chi connectivity index (χ3n) is 1.05. The number of rotatable bonds is 3. The quantitative estimate of drug-likeness (QED) is 0.243. The third kappa shape index (κ3) is 12.4. The molecule has 0 saturated heterocycles. The van der Waals surface area contributed by atoms with E-state index in [-0.39, 0.29) is 179 Å². The summed E-state index contributed by atoms with van der Waals surface area (Å²) in [6.45, 7) is 0. The summed E-state index contributed by atoms with van der Waals surface area (Å²) in [5.74, 6) is -4.07. The van der Waals surface area contributed by atoms with Crippen LogP contribution >= 0.6 is 0 Å². The van der Waals surface area contributed by atoms with Gasteiger partial charge in [-0.05, 0) is 0 Å². The van der Waals surface area contributed by atoms with Gasteiger partial charge in [-0.1, -0.05) is 0 Å². The van der Waals surface area contributed by atoms with Crippen LogP contribution in [0.4, 0.5) is 4.79 Å². The van der Waals surface area contributed by atoms with Gasteiger partial charge in [-0.2, -0.15) is 0 Å². The summed E-state index contributed by atoms with van der Waals surface area (Å²) in [6.07, 6.45) is -1.43. The van der Waals surface area contributed by atoms with Crippen molar-refractivity contribution >= 4 is 18.0 Å². The molecule has 0 aliphatic heterocycles. The maximum atomic E-state index is 10.1. The predicted molar refractivity (Wildman–Crippen MR) is 31.3 cm³/mol. The van der Waals surface area contributed by atoms with Gasteiger partial charge in [-0.3, -0.25) is 0 Å². The second-order valence-corrected chi connectivity index (χ2v) is 1.99. The standard InChI is InChI=1S/C6H7NO6.3Rb/c1-7(6(12)13)2-3(4(8)9)5(10)11;;;/h2H,1H3,(H,8,9)(H,10,11)(H,12,13);;;/q;3*+1/p-3. The number of carbonyl (C=O) groups is 3. The maximum Gasteiger partial charge on any atom is 1.00 e. The van der Waals surface area contributed by atoms with Crippen LogP contribution in [0.1, 0.15) is 0 Å². The molecule has 0 aliphatic rings. The van der Waals surface area contributed by atoms with Gasteiger partial charge in [0, 0.05) is 18.8 Å². The van der Waals surface area contributed by atoms with Crippen molar-refractivity contribution in [2.75, 3.05) is 7.05 Å². The summed E-state index contributed by atoms with van der Waals surface area (Å²) in [5, 5.41) is 30.1. The fraction of sp³-hybridized carbons (Fsp3) is 0.167. The summed E-state index contributed by atoms with van der Waals surface area (Å²) < 4.78 is 0. The van der Waals surface area contributed by atoms with Crippen molar-refractivity contribution in [1.29, 1.82) is 0 Å². The minimum absolute atomic E-state index is 0. The van der Waals surface area contributed by atoms with Crippen LogP contribution in [0.25, 0.3) is 0 Å². The Morgan fingerprint density at radius 1 is 0.938 bits per heavy atom. The van der Waals surface area contributed by atoms with Crippen LogP contribution in [-0.4, -0.2) is 30.0 Å². The Labute approximate surface area is 238 Å². The maximum absolute atomic E-state index is 10.1. The Bertz CT molecular complexity index is 276. The van der Waals surface area contributed by atoms with E-state index < -0.39 is 23.6 Å². The topological polar surface area (TPSA) is 124 Å². The summed E-state index contributed by atoms with van der Waals surface area (Å²) in [6, 6.07) is 0. The molecule has 0 heterocycles. The molecule has 10 heteroatoms. The molecular weight excluding hydrogens is 438 g/mol. The van der Waals surface area contributed by atoms with Crippen LogP contribution in [0.5, 0.6) is 0 Å². The average Bonchev–Trinajstić information content (AvgIpc) is 1.97. The molecule has 0 aromatic rings. The van der Waals surface area contributed by atoms with E-state index in [0.717, 1.165) is 7.05 Å². The monoisotopic (exact) mass is 441 g/mol. The molecule has 0 aromatic heterocycles. The van der Waals surface area contributed by atoms with Crippen molar-refractivity contribution < 1.29 is 204 Å². The number of amides is 1. The van der Waals surface area contributed by atoms with Crippen molar-refractivity contribution in [3.8, 4) is 0 Å². The van der Waals surface area contributed by atoms with Gasteiger partial charge in [0.1, 0.15) is 6.09 Å². The molecule has 0 aliphatic carbocycles. The zero-order valence-corrected chi connectivity index (χ0v) is 24.2. The molecular formula is C6H4NO6Rb3. The van der Waals surface area contributed by atoms with E-state index in [4.69, 9.17) is 0 Å². The minimum Gasteiger partial charge on any atom is -0.545 e. The molecule has 72 valence electrons. The summed E-state index contributed by atoms with van der Waals surface area (Å²) in [5.41, 5.74) is -1.27. The zero-order chi connectivity index (χ0) is 10.6. The first kappa shape index (κ1) is 27.7. The van der Waals surface area contributed by atoms with Crippen LogP contribution in [0.3, 0.4) is 0 Å².